The number of phenols is 1. The van der Waals surface area contributed by atoms with Crippen molar-refractivity contribution in [1.29, 1.82) is 0 Å². The Labute approximate surface area is 154 Å². The fraction of sp³-hybridized carbons (Fsp3) is 0.200. The number of carbonyl (C=O) groups is 1. The number of para-hydroxylation sites is 1. The molecule has 0 amide bonds. The highest BCUT2D eigenvalue weighted by atomic mass is 16.7. The zero-order valence-electron chi connectivity index (χ0n) is 14.5. The lowest BCUT2D eigenvalue weighted by molar-refractivity contribution is -0.140. The number of rotatable bonds is 4. The molecule has 0 fully saturated rings. The summed E-state index contributed by atoms with van der Waals surface area (Å²) in [5.74, 6) is -0.416. The van der Waals surface area contributed by atoms with Crippen molar-refractivity contribution < 1.29 is 24.1 Å². The Morgan fingerprint density at radius 2 is 1.93 bits per heavy atom. The predicted octanol–water partition coefficient (Wildman–Crippen LogP) is 2.66. The van der Waals surface area contributed by atoms with Crippen molar-refractivity contribution in [3.63, 3.8) is 0 Å². The highest BCUT2D eigenvalue weighted by Gasteiger charge is 2.27. The summed E-state index contributed by atoms with van der Waals surface area (Å²) < 4.78 is 15.4. The highest BCUT2D eigenvalue weighted by molar-refractivity contribution is 5.79. The largest absolute Gasteiger partial charge is 0.508 e. The van der Waals surface area contributed by atoms with Gasteiger partial charge in [-0.15, -0.1) is 0 Å². The lowest BCUT2D eigenvalue weighted by Crippen LogP contribution is -2.20. The highest BCUT2D eigenvalue weighted by Crippen LogP contribution is 2.42. The van der Waals surface area contributed by atoms with Crippen molar-refractivity contribution in [1.82, 2.24) is 4.98 Å². The first-order valence-electron chi connectivity index (χ1n) is 8.38. The molecule has 0 aliphatic carbocycles. The maximum Gasteiger partial charge on any atom is 0.306 e. The molecule has 27 heavy (non-hydrogen) atoms. The summed E-state index contributed by atoms with van der Waals surface area (Å²) in [6.45, 7) is 0.0520. The zero-order valence-corrected chi connectivity index (χ0v) is 14.5. The van der Waals surface area contributed by atoms with Crippen molar-refractivity contribution >= 4 is 16.9 Å². The van der Waals surface area contributed by atoms with E-state index >= 15 is 0 Å². The van der Waals surface area contributed by atoms with Crippen LogP contribution in [-0.2, 0) is 9.53 Å². The molecule has 1 aliphatic heterocycles. The number of benzene rings is 2. The van der Waals surface area contributed by atoms with Crippen LogP contribution in [-0.4, -0.2) is 30.0 Å². The number of phenolic OH excluding ortho intramolecular Hbond substituents is 1. The smallest absolute Gasteiger partial charge is 0.306 e. The molecule has 1 aromatic heterocycles. The van der Waals surface area contributed by atoms with Crippen molar-refractivity contribution in [3.05, 3.63) is 63.9 Å². The van der Waals surface area contributed by atoms with Crippen LogP contribution in [0.5, 0.6) is 17.2 Å². The van der Waals surface area contributed by atoms with Gasteiger partial charge >= 0.3 is 5.97 Å². The minimum absolute atomic E-state index is 0.0520. The van der Waals surface area contributed by atoms with Crippen LogP contribution in [0.1, 0.15) is 23.5 Å². The summed E-state index contributed by atoms with van der Waals surface area (Å²) in [5, 5.41) is 11.3. The van der Waals surface area contributed by atoms with E-state index in [9.17, 15) is 14.7 Å². The topological polar surface area (TPSA) is 97.8 Å². The molecule has 2 N–H and O–H groups in total. The summed E-state index contributed by atoms with van der Waals surface area (Å²) in [7, 11) is 1.28. The first kappa shape index (κ1) is 17.0. The number of H-pyrrole nitrogens is 1. The minimum Gasteiger partial charge on any atom is -0.508 e. The van der Waals surface area contributed by atoms with Crippen LogP contribution in [0.15, 0.2) is 47.3 Å². The molecule has 4 rings (SSSR count). The van der Waals surface area contributed by atoms with Gasteiger partial charge in [0.2, 0.25) is 6.79 Å². The van der Waals surface area contributed by atoms with Gasteiger partial charge in [-0.25, -0.2) is 0 Å². The fourth-order valence-corrected chi connectivity index (χ4v) is 3.29. The lowest BCUT2D eigenvalue weighted by Gasteiger charge is -2.18. The van der Waals surface area contributed by atoms with Crippen LogP contribution < -0.4 is 15.0 Å². The lowest BCUT2D eigenvalue weighted by atomic mass is 9.87. The molecule has 7 heteroatoms. The van der Waals surface area contributed by atoms with Crippen LogP contribution in [0.3, 0.4) is 0 Å². The molecular formula is C20H17NO6. The van der Waals surface area contributed by atoms with Gasteiger partial charge in [-0.05, 0) is 23.6 Å². The summed E-state index contributed by atoms with van der Waals surface area (Å²) >= 11 is 0. The number of pyridine rings is 1. The van der Waals surface area contributed by atoms with Gasteiger partial charge in [0.25, 0.3) is 5.56 Å². The van der Waals surface area contributed by atoms with Gasteiger partial charge < -0.3 is 24.3 Å². The van der Waals surface area contributed by atoms with Gasteiger partial charge in [0.05, 0.1) is 13.5 Å². The maximum absolute atomic E-state index is 12.7. The number of hydrogen-bond donors (Lipinski definition) is 2. The SMILES string of the molecule is COC(=O)C[C@@H](c1cc2c(cc1O)OCO2)c1cc2ccccc2[nH]c1=O. The molecule has 138 valence electrons. The monoisotopic (exact) mass is 367 g/mol. The molecule has 3 aromatic rings. The average Bonchev–Trinajstić information content (AvgIpc) is 3.12. The van der Waals surface area contributed by atoms with E-state index in [2.05, 4.69) is 4.98 Å². The van der Waals surface area contributed by atoms with Crippen LogP contribution in [0.25, 0.3) is 10.9 Å². The number of nitrogens with one attached hydrogen (secondary N) is 1. The van der Waals surface area contributed by atoms with Crippen LogP contribution >= 0.6 is 0 Å². The van der Waals surface area contributed by atoms with Crippen LogP contribution in [0.2, 0.25) is 0 Å². The van der Waals surface area contributed by atoms with E-state index in [4.69, 9.17) is 14.2 Å². The van der Waals surface area contributed by atoms with Gasteiger partial charge in [0.15, 0.2) is 11.5 Å². The summed E-state index contributed by atoms with van der Waals surface area (Å²) in [5.41, 5.74) is 1.11. The van der Waals surface area contributed by atoms with Gasteiger partial charge in [0.1, 0.15) is 5.75 Å². The molecule has 0 saturated heterocycles. The van der Waals surface area contributed by atoms with E-state index in [0.717, 1.165) is 5.39 Å². The summed E-state index contributed by atoms with van der Waals surface area (Å²) in [6, 6.07) is 12.1. The molecule has 7 nitrogen and oxygen atoms in total. The standard InChI is InChI=1S/C20H17NO6/c1-25-19(23)8-12(13-7-17-18(9-16(13)22)27-10-26-17)14-6-11-4-2-3-5-15(11)21-20(14)24/h2-7,9,12,22H,8,10H2,1H3,(H,21,24)/t12-/m0/s1. The second-order valence-corrected chi connectivity index (χ2v) is 6.24. The van der Waals surface area contributed by atoms with Gasteiger partial charge in [-0.3, -0.25) is 9.59 Å². The Morgan fingerprint density at radius 1 is 1.19 bits per heavy atom. The minimum atomic E-state index is -0.708. The Balaban J connectivity index is 1.89. The Kier molecular flexibility index (Phi) is 4.19. The third kappa shape index (κ3) is 3.08. The quantitative estimate of drug-likeness (QED) is 0.688. The normalized spacial score (nSPS) is 13.5. The molecule has 0 radical (unpaired) electrons. The van der Waals surface area contributed by atoms with Gasteiger partial charge in [-0.1, -0.05) is 18.2 Å². The van der Waals surface area contributed by atoms with Crippen LogP contribution in [0.4, 0.5) is 0 Å². The van der Waals surface area contributed by atoms with E-state index in [1.165, 1.54) is 13.2 Å². The van der Waals surface area contributed by atoms with E-state index < -0.39 is 11.9 Å². The van der Waals surface area contributed by atoms with E-state index in [1.54, 1.807) is 18.2 Å². The number of fused-ring (bicyclic) bond motifs is 2. The number of hydrogen-bond acceptors (Lipinski definition) is 6. The molecule has 2 heterocycles. The zero-order chi connectivity index (χ0) is 19.0. The predicted molar refractivity (Wildman–Crippen MR) is 97.3 cm³/mol. The molecule has 0 saturated carbocycles. The van der Waals surface area contributed by atoms with Crippen molar-refractivity contribution in [2.45, 2.75) is 12.3 Å². The van der Waals surface area contributed by atoms with Gasteiger partial charge in [-0.2, -0.15) is 0 Å². The Morgan fingerprint density at radius 3 is 2.70 bits per heavy atom. The summed E-state index contributed by atoms with van der Waals surface area (Å²) in [4.78, 5) is 27.6. The number of aromatic nitrogens is 1. The number of carbonyl (C=O) groups excluding carboxylic acids is 1. The molecular weight excluding hydrogens is 350 g/mol. The average molecular weight is 367 g/mol. The number of methoxy groups -OCH3 is 1. The fourth-order valence-electron chi connectivity index (χ4n) is 3.29. The first-order chi connectivity index (χ1) is 13.1. The Hall–Kier alpha value is -3.48. The van der Waals surface area contributed by atoms with Crippen molar-refractivity contribution in [3.8, 4) is 17.2 Å². The molecule has 1 atom stereocenters. The van der Waals surface area contributed by atoms with Gasteiger partial charge in [0, 0.05) is 28.6 Å². The van der Waals surface area contributed by atoms with Crippen LogP contribution in [0, 0.1) is 0 Å². The number of ether oxygens (including phenoxy) is 3. The third-order valence-electron chi connectivity index (χ3n) is 4.65. The molecule has 1 aliphatic rings. The first-order valence-corrected chi connectivity index (χ1v) is 8.38. The molecule has 0 spiro atoms. The second kappa shape index (κ2) is 6.68. The number of esters is 1. The molecule has 0 bridgehead atoms. The summed E-state index contributed by atoms with van der Waals surface area (Å²) in [6.07, 6.45) is -0.106. The van der Waals surface area contributed by atoms with E-state index in [0.29, 0.717) is 28.1 Å². The van der Waals surface area contributed by atoms with Crippen molar-refractivity contribution in [2.75, 3.05) is 13.9 Å². The molecule has 2 aromatic carbocycles. The second-order valence-electron chi connectivity index (χ2n) is 6.24. The number of aromatic amines is 1. The van der Waals surface area contributed by atoms with Crippen molar-refractivity contribution in [2.24, 2.45) is 0 Å². The molecule has 0 unspecified atom stereocenters. The third-order valence-corrected chi connectivity index (χ3v) is 4.65. The van der Waals surface area contributed by atoms with E-state index in [1.807, 2.05) is 18.2 Å². The Bertz CT molecular complexity index is 1090. The number of aromatic hydroxyl groups is 1. The maximum atomic E-state index is 12.7. The van der Waals surface area contributed by atoms with E-state index in [-0.39, 0.29) is 24.5 Å².